The summed E-state index contributed by atoms with van der Waals surface area (Å²) in [5.41, 5.74) is 1.53. The number of anilines is 1. The molecular weight excluding hydrogens is 329 g/mol. The highest BCUT2D eigenvalue weighted by molar-refractivity contribution is 5.90. The normalized spacial score (nSPS) is 20.1. The van der Waals surface area contributed by atoms with Crippen molar-refractivity contribution >= 4 is 11.8 Å². The number of aromatic nitrogens is 6. The Morgan fingerprint density at radius 2 is 2.12 bits per heavy atom. The van der Waals surface area contributed by atoms with E-state index in [1.807, 2.05) is 6.92 Å². The van der Waals surface area contributed by atoms with Gasteiger partial charge in [0, 0.05) is 6.20 Å². The number of tetrazole rings is 1. The molecule has 9 nitrogen and oxygen atoms in total. The van der Waals surface area contributed by atoms with E-state index in [2.05, 4.69) is 20.5 Å². The van der Waals surface area contributed by atoms with Crippen molar-refractivity contribution in [3.05, 3.63) is 48.6 Å². The van der Waals surface area contributed by atoms with Gasteiger partial charge in [-0.1, -0.05) is 0 Å². The predicted molar refractivity (Wildman–Crippen MR) is 83.5 cm³/mol. The maximum atomic E-state index is 14.6. The van der Waals surface area contributed by atoms with Gasteiger partial charge in [0.2, 0.25) is 6.23 Å². The van der Waals surface area contributed by atoms with Gasteiger partial charge in [-0.25, -0.2) is 14.2 Å². The molecule has 1 fully saturated rings. The third-order valence-corrected chi connectivity index (χ3v) is 4.06. The van der Waals surface area contributed by atoms with Gasteiger partial charge in [-0.2, -0.15) is 4.68 Å². The van der Waals surface area contributed by atoms with Crippen LogP contribution in [0.2, 0.25) is 0 Å². The van der Waals surface area contributed by atoms with E-state index in [0.29, 0.717) is 11.4 Å². The molecule has 0 aliphatic carbocycles. The number of amides is 1. The number of cyclic esters (lactones) is 1. The molecule has 1 unspecified atom stereocenters. The van der Waals surface area contributed by atoms with E-state index in [4.69, 9.17) is 4.74 Å². The molecule has 2 aromatic heterocycles. The minimum Gasteiger partial charge on any atom is -0.421 e. The maximum Gasteiger partial charge on any atom is 0.416 e. The van der Waals surface area contributed by atoms with Crippen LogP contribution >= 0.6 is 0 Å². The first-order valence-corrected chi connectivity index (χ1v) is 7.57. The highest BCUT2D eigenvalue weighted by Gasteiger charge is 2.41. The van der Waals surface area contributed by atoms with Crippen LogP contribution in [-0.2, 0) is 4.74 Å². The van der Waals surface area contributed by atoms with E-state index < -0.39 is 24.2 Å². The zero-order valence-corrected chi connectivity index (χ0v) is 13.4. The van der Waals surface area contributed by atoms with Gasteiger partial charge in [0.1, 0.15) is 12.1 Å². The summed E-state index contributed by atoms with van der Waals surface area (Å²) in [6, 6.07) is 4.14. The van der Waals surface area contributed by atoms with Crippen LogP contribution in [0.15, 0.2) is 37.1 Å². The summed E-state index contributed by atoms with van der Waals surface area (Å²) < 4.78 is 22.8. The van der Waals surface area contributed by atoms with E-state index in [-0.39, 0.29) is 0 Å². The van der Waals surface area contributed by atoms with E-state index in [1.54, 1.807) is 29.8 Å². The molecule has 0 spiro atoms. The lowest BCUT2D eigenvalue weighted by Gasteiger charge is -2.20. The number of imidazole rings is 1. The van der Waals surface area contributed by atoms with Crippen LogP contribution in [0.1, 0.15) is 18.8 Å². The SMILES string of the molecule is Cc1cn(-c2ccc(N3C(=O)O[C@@H](n4cnnn4)C3C)cc2F)cn1. The van der Waals surface area contributed by atoms with Crippen molar-refractivity contribution in [3.8, 4) is 5.69 Å². The second-order valence-corrected chi connectivity index (χ2v) is 5.73. The molecule has 128 valence electrons. The van der Waals surface area contributed by atoms with Gasteiger partial charge in [-0.3, -0.25) is 4.90 Å². The number of carbonyl (C=O) groups is 1. The summed E-state index contributed by atoms with van der Waals surface area (Å²) >= 11 is 0. The van der Waals surface area contributed by atoms with Crippen molar-refractivity contribution in [1.82, 2.24) is 29.8 Å². The molecular formula is C15H14FN7O2. The first-order valence-electron chi connectivity index (χ1n) is 7.57. The summed E-state index contributed by atoms with van der Waals surface area (Å²) in [6.07, 6.45) is 3.36. The molecule has 1 amide bonds. The Morgan fingerprint density at radius 1 is 1.28 bits per heavy atom. The van der Waals surface area contributed by atoms with Crippen LogP contribution in [0.5, 0.6) is 0 Å². The second kappa shape index (κ2) is 5.65. The summed E-state index contributed by atoms with van der Waals surface area (Å²) in [5.74, 6) is -0.472. The van der Waals surface area contributed by atoms with E-state index >= 15 is 0 Å². The van der Waals surface area contributed by atoms with Gasteiger partial charge in [0.25, 0.3) is 0 Å². The number of benzene rings is 1. The Bertz CT molecular complexity index is 924. The summed E-state index contributed by atoms with van der Waals surface area (Å²) in [7, 11) is 0. The highest BCUT2D eigenvalue weighted by Crippen LogP contribution is 2.33. The number of hydrogen-bond acceptors (Lipinski definition) is 6. The van der Waals surface area contributed by atoms with Crippen LogP contribution in [0.4, 0.5) is 14.9 Å². The fraction of sp³-hybridized carbons (Fsp3) is 0.267. The fourth-order valence-electron chi connectivity index (χ4n) is 2.86. The lowest BCUT2D eigenvalue weighted by atomic mass is 10.2. The third kappa shape index (κ3) is 2.51. The Labute approximate surface area is 141 Å². The zero-order valence-electron chi connectivity index (χ0n) is 13.4. The van der Waals surface area contributed by atoms with Gasteiger partial charge in [0.15, 0.2) is 0 Å². The molecule has 0 N–H and O–H groups in total. The predicted octanol–water partition coefficient (Wildman–Crippen LogP) is 1.85. The molecule has 0 saturated carbocycles. The molecule has 1 aliphatic heterocycles. The Kier molecular flexibility index (Phi) is 3.45. The number of halogens is 1. The van der Waals surface area contributed by atoms with Crippen molar-refractivity contribution in [2.24, 2.45) is 0 Å². The van der Waals surface area contributed by atoms with Gasteiger partial charge in [-0.15, -0.1) is 5.10 Å². The molecule has 1 saturated heterocycles. The van der Waals surface area contributed by atoms with E-state index in [9.17, 15) is 9.18 Å². The number of rotatable bonds is 3. The maximum absolute atomic E-state index is 14.6. The smallest absolute Gasteiger partial charge is 0.416 e. The molecule has 10 heteroatoms. The van der Waals surface area contributed by atoms with E-state index in [1.165, 1.54) is 28.3 Å². The van der Waals surface area contributed by atoms with Gasteiger partial charge in [-0.05, 0) is 42.5 Å². The minimum atomic E-state index is -0.679. The molecule has 3 heterocycles. The number of hydrogen-bond donors (Lipinski definition) is 0. The van der Waals surface area contributed by atoms with Crippen molar-refractivity contribution in [1.29, 1.82) is 0 Å². The minimum absolute atomic E-state index is 0.349. The first-order chi connectivity index (χ1) is 12.0. The first kappa shape index (κ1) is 15.2. The molecule has 4 rings (SSSR count). The zero-order chi connectivity index (χ0) is 17.6. The van der Waals surface area contributed by atoms with Crippen LogP contribution in [-0.4, -0.2) is 41.9 Å². The number of ether oxygens (including phenoxy) is 1. The molecule has 3 aromatic rings. The molecule has 2 atom stereocenters. The Hall–Kier alpha value is -3.30. The molecule has 25 heavy (non-hydrogen) atoms. The van der Waals surface area contributed by atoms with E-state index in [0.717, 1.165) is 5.69 Å². The molecule has 1 aromatic carbocycles. The van der Waals surface area contributed by atoms with Crippen LogP contribution < -0.4 is 4.90 Å². The average Bonchev–Trinajstić information content (AvgIpc) is 3.29. The number of carbonyl (C=O) groups excluding carboxylic acids is 1. The lowest BCUT2D eigenvalue weighted by Crippen LogP contribution is -2.33. The van der Waals surface area contributed by atoms with Crippen molar-refractivity contribution in [3.63, 3.8) is 0 Å². The quantitative estimate of drug-likeness (QED) is 0.721. The fourth-order valence-corrected chi connectivity index (χ4v) is 2.86. The number of aryl methyl sites for hydroxylation is 1. The topological polar surface area (TPSA) is 91.0 Å². The molecule has 0 bridgehead atoms. The lowest BCUT2D eigenvalue weighted by molar-refractivity contribution is 0.0781. The standard InChI is InChI=1S/C15H14FN7O2/c1-9-6-21(7-17-9)13-4-3-11(5-12(13)16)23-10(2)14(25-15(23)24)22-8-18-19-20-22/h3-8,10,14H,1-2H3/t10?,14-/m1/s1. The van der Waals surface area contributed by atoms with Gasteiger partial charge in [0.05, 0.1) is 29.4 Å². The highest BCUT2D eigenvalue weighted by atomic mass is 19.1. The van der Waals surface area contributed by atoms with Gasteiger partial charge >= 0.3 is 6.09 Å². The summed E-state index contributed by atoms with van der Waals surface area (Å²) in [4.78, 5) is 17.7. The van der Waals surface area contributed by atoms with Crippen molar-refractivity contribution in [2.45, 2.75) is 26.1 Å². The van der Waals surface area contributed by atoms with Gasteiger partial charge < -0.3 is 9.30 Å². The van der Waals surface area contributed by atoms with Crippen molar-refractivity contribution in [2.75, 3.05) is 4.90 Å². The largest absolute Gasteiger partial charge is 0.421 e. The third-order valence-electron chi connectivity index (χ3n) is 4.06. The monoisotopic (exact) mass is 343 g/mol. The van der Waals surface area contributed by atoms with Crippen LogP contribution in [0.3, 0.4) is 0 Å². The Balaban J connectivity index is 1.65. The molecule has 0 radical (unpaired) electrons. The Morgan fingerprint density at radius 3 is 2.76 bits per heavy atom. The van der Waals surface area contributed by atoms with Crippen LogP contribution in [0.25, 0.3) is 5.69 Å². The molecule has 1 aliphatic rings. The average molecular weight is 343 g/mol. The number of nitrogens with zero attached hydrogens (tertiary/aromatic N) is 7. The summed E-state index contributed by atoms with van der Waals surface area (Å²) in [5, 5.41) is 10.8. The second-order valence-electron chi connectivity index (χ2n) is 5.73. The van der Waals surface area contributed by atoms with Crippen molar-refractivity contribution < 1.29 is 13.9 Å². The van der Waals surface area contributed by atoms with Crippen LogP contribution in [0, 0.1) is 12.7 Å². The summed E-state index contributed by atoms with van der Waals surface area (Å²) in [6.45, 7) is 3.60.